The average Bonchev–Trinajstić information content (AvgIpc) is 3.06. The van der Waals surface area contributed by atoms with Crippen molar-refractivity contribution in [1.82, 2.24) is 5.32 Å². The van der Waals surface area contributed by atoms with Crippen LogP contribution in [0.1, 0.15) is 12.0 Å². The van der Waals surface area contributed by atoms with Crippen LogP contribution in [0, 0.1) is 18.7 Å². The van der Waals surface area contributed by atoms with E-state index < -0.39 is 27.7 Å². The Kier molecular flexibility index (Phi) is 6.62. The minimum atomic E-state index is -3.78. The highest BCUT2D eigenvalue weighted by atomic mass is 35.5. The molecule has 0 aromatic heterocycles. The molecular weight excluding hydrogens is 433 g/mol. The summed E-state index contributed by atoms with van der Waals surface area (Å²) in [5.41, 5.74) is 1.13. The number of hydrogen-bond donors (Lipinski definition) is 2. The number of aryl methyl sites for hydroxylation is 1. The normalized spacial score (nSPS) is 16.6. The number of amides is 2. The van der Waals surface area contributed by atoms with E-state index in [1.165, 1.54) is 17.0 Å². The van der Waals surface area contributed by atoms with Gasteiger partial charge in [-0.1, -0.05) is 23.7 Å². The molecule has 0 aliphatic carbocycles. The van der Waals surface area contributed by atoms with Crippen LogP contribution < -0.4 is 14.9 Å². The van der Waals surface area contributed by atoms with Crippen molar-refractivity contribution in [3.05, 3.63) is 58.9 Å². The summed E-state index contributed by atoms with van der Waals surface area (Å²) < 4.78 is 40.2. The van der Waals surface area contributed by atoms with E-state index in [4.69, 9.17) is 11.6 Å². The molecule has 0 unspecified atom stereocenters. The highest BCUT2D eigenvalue weighted by Gasteiger charge is 2.35. The predicted octanol–water partition coefficient (Wildman–Crippen LogP) is 2.70. The van der Waals surface area contributed by atoms with E-state index in [0.717, 1.165) is 6.07 Å². The summed E-state index contributed by atoms with van der Waals surface area (Å²) in [4.78, 5) is 26.1. The number of carbonyl (C=O) groups is 2. The van der Waals surface area contributed by atoms with Crippen molar-refractivity contribution in [2.75, 3.05) is 28.5 Å². The second-order valence-electron chi connectivity index (χ2n) is 7.06. The molecule has 2 aromatic rings. The van der Waals surface area contributed by atoms with Crippen molar-refractivity contribution >= 4 is 44.8 Å². The first-order chi connectivity index (χ1) is 14.1. The van der Waals surface area contributed by atoms with Crippen molar-refractivity contribution in [1.29, 1.82) is 0 Å². The van der Waals surface area contributed by atoms with Gasteiger partial charge in [-0.15, -0.1) is 0 Å². The third-order valence-electron chi connectivity index (χ3n) is 4.73. The molecule has 0 bridgehead atoms. The Hall–Kier alpha value is -2.65. The van der Waals surface area contributed by atoms with Crippen LogP contribution in [0.25, 0.3) is 0 Å². The zero-order chi connectivity index (χ0) is 21.9. The highest BCUT2D eigenvalue weighted by Crippen LogP contribution is 2.27. The zero-order valence-electron chi connectivity index (χ0n) is 16.2. The van der Waals surface area contributed by atoms with Crippen LogP contribution in [-0.2, 0) is 19.6 Å². The summed E-state index contributed by atoms with van der Waals surface area (Å²) in [5, 5.41) is 3.04. The molecule has 1 atom stereocenters. The largest absolute Gasteiger partial charge is 0.355 e. The molecule has 2 aromatic carbocycles. The molecule has 10 heteroatoms. The molecule has 160 valence electrons. The molecule has 3 rings (SSSR count). The molecule has 30 heavy (non-hydrogen) atoms. The molecule has 1 aliphatic heterocycles. The van der Waals surface area contributed by atoms with Gasteiger partial charge < -0.3 is 10.2 Å². The second-order valence-corrected chi connectivity index (χ2v) is 9.34. The maximum Gasteiger partial charge on any atom is 0.234 e. The van der Waals surface area contributed by atoms with E-state index in [9.17, 15) is 22.4 Å². The fourth-order valence-electron chi connectivity index (χ4n) is 3.12. The van der Waals surface area contributed by atoms with E-state index in [-0.39, 0.29) is 36.9 Å². The first-order valence-corrected chi connectivity index (χ1v) is 11.3. The molecule has 1 aliphatic rings. The van der Waals surface area contributed by atoms with Crippen molar-refractivity contribution in [3.63, 3.8) is 0 Å². The number of benzene rings is 2. The molecule has 0 saturated carbocycles. The standard InChI is InChI=1S/C20H21ClFN3O4S/c1-13-5-6-16(11-18(13)22)24-30(28,29)8-7-23-20(27)14-9-19(26)25(12-14)17-4-2-3-15(21)10-17/h2-6,10-11,14,24H,7-9,12H2,1H3,(H,23,27)/t14-/m1/s1. The lowest BCUT2D eigenvalue weighted by Crippen LogP contribution is -2.36. The Bertz CT molecular complexity index is 1080. The van der Waals surface area contributed by atoms with Crippen molar-refractivity contribution in [2.24, 2.45) is 5.92 Å². The number of nitrogens with one attached hydrogen (secondary N) is 2. The molecule has 1 heterocycles. The predicted molar refractivity (Wildman–Crippen MR) is 113 cm³/mol. The van der Waals surface area contributed by atoms with Gasteiger partial charge in [0.25, 0.3) is 0 Å². The lowest BCUT2D eigenvalue weighted by molar-refractivity contribution is -0.126. The quantitative estimate of drug-likeness (QED) is 0.673. The van der Waals surface area contributed by atoms with Gasteiger partial charge in [-0.2, -0.15) is 0 Å². The average molecular weight is 454 g/mol. The third-order valence-corrected chi connectivity index (χ3v) is 6.25. The number of nitrogens with zero attached hydrogens (tertiary/aromatic N) is 1. The molecule has 1 fully saturated rings. The Morgan fingerprint density at radius 3 is 2.73 bits per heavy atom. The molecular formula is C20H21ClFN3O4S. The van der Waals surface area contributed by atoms with Gasteiger partial charge in [0.1, 0.15) is 5.82 Å². The molecule has 2 amide bonds. The third kappa shape index (κ3) is 5.48. The first kappa shape index (κ1) is 22.0. The fourth-order valence-corrected chi connectivity index (χ4v) is 4.26. The van der Waals surface area contributed by atoms with Crippen molar-refractivity contribution in [2.45, 2.75) is 13.3 Å². The van der Waals surface area contributed by atoms with Crippen LogP contribution in [0.4, 0.5) is 15.8 Å². The second kappa shape index (κ2) is 9.01. The van der Waals surface area contributed by atoms with Gasteiger partial charge in [0.2, 0.25) is 21.8 Å². The number of sulfonamides is 1. The summed E-state index contributed by atoms with van der Waals surface area (Å²) in [6.07, 6.45) is 0.0337. The minimum absolute atomic E-state index is 0.0337. The van der Waals surface area contributed by atoms with E-state index in [2.05, 4.69) is 10.0 Å². The smallest absolute Gasteiger partial charge is 0.234 e. The summed E-state index contributed by atoms with van der Waals surface area (Å²) in [7, 11) is -3.78. The summed E-state index contributed by atoms with van der Waals surface area (Å²) >= 11 is 5.95. The van der Waals surface area contributed by atoms with E-state index in [1.54, 1.807) is 31.2 Å². The van der Waals surface area contributed by atoms with Gasteiger partial charge in [-0.3, -0.25) is 14.3 Å². The maximum absolute atomic E-state index is 13.6. The van der Waals surface area contributed by atoms with E-state index in [0.29, 0.717) is 16.3 Å². The zero-order valence-corrected chi connectivity index (χ0v) is 17.8. The van der Waals surface area contributed by atoms with Crippen LogP contribution in [-0.4, -0.2) is 39.1 Å². The summed E-state index contributed by atoms with van der Waals surface area (Å²) in [5.74, 6) is -2.08. The van der Waals surface area contributed by atoms with Crippen LogP contribution in [0.5, 0.6) is 0 Å². The maximum atomic E-state index is 13.6. The fraction of sp³-hybridized carbons (Fsp3) is 0.300. The Morgan fingerprint density at radius 2 is 2.03 bits per heavy atom. The van der Waals surface area contributed by atoms with Crippen molar-refractivity contribution < 1.29 is 22.4 Å². The Morgan fingerprint density at radius 1 is 1.27 bits per heavy atom. The number of rotatable bonds is 7. The molecule has 0 radical (unpaired) electrons. The number of anilines is 2. The molecule has 2 N–H and O–H groups in total. The lowest BCUT2D eigenvalue weighted by atomic mass is 10.1. The van der Waals surface area contributed by atoms with Gasteiger partial charge in [-0.25, -0.2) is 12.8 Å². The molecule has 1 saturated heterocycles. The van der Waals surface area contributed by atoms with Gasteiger partial charge in [0.15, 0.2) is 0 Å². The van der Waals surface area contributed by atoms with Gasteiger partial charge in [0.05, 0.1) is 17.4 Å². The Balaban J connectivity index is 1.51. The van der Waals surface area contributed by atoms with Crippen LogP contribution in [0.15, 0.2) is 42.5 Å². The topological polar surface area (TPSA) is 95.6 Å². The molecule has 7 nitrogen and oxygen atoms in total. The minimum Gasteiger partial charge on any atom is -0.355 e. The highest BCUT2D eigenvalue weighted by molar-refractivity contribution is 7.92. The summed E-state index contributed by atoms with van der Waals surface area (Å²) in [6, 6.07) is 10.8. The number of halogens is 2. The Labute approximate surface area is 179 Å². The van der Waals surface area contributed by atoms with Gasteiger partial charge >= 0.3 is 0 Å². The van der Waals surface area contributed by atoms with Gasteiger partial charge in [0, 0.05) is 30.2 Å². The van der Waals surface area contributed by atoms with Crippen molar-refractivity contribution in [3.8, 4) is 0 Å². The SMILES string of the molecule is Cc1ccc(NS(=O)(=O)CCNC(=O)[C@@H]2CC(=O)N(c3cccc(Cl)c3)C2)cc1F. The van der Waals surface area contributed by atoms with E-state index in [1.807, 2.05) is 0 Å². The molecule has 0 spiro atoms. The van der Waals surface area contributed by atoms with E-state index >= 15 is 0 Å². The number of hydrogen-bond acceptors (Lipinski definition) is 4. The number of carbonyl (C=O) groups excluding carboxylic acids is 2. The monoisotopic (exact) mass is 453 g/mol. The van der Waals surface area contributed by atoms with Crippen LogP contribution in [0.2, 0.25) is 5.02 Å². The van der Waals surface area contributed by atoms with Crippen LogP contribution in [0.3, 0.4) is 0 Å². The summed E-state index contributed by atoms with van der Waals surface area (Å²) in [6.45, 7) is 1.63. The van der Waals surface area contributed by atoms with Crippen LogP contribution >= 0.6 is 11.6 Å². The van der Waals surface area contributed by atoms with Gasteiger partial charge in [-0.05, 0) is 42.8 Å². The lowest BCUT2D eigenvalue weighted by Gasteiger charge is -2.17. The first-order valence-electron chi connectivity index (χ1n) is 9.25.